The van der Waals surface area contributed by atoms with Gasteiger partial charge in [0, 0.05) is 13.6 Å². The third-order valence-electron chi connectivity index (χ3n) is 4.63. The van der Waals surface area contributed by atoms with E-state index in [1.165, 1.54) is 6.07 Å². The molecule has 0 saturated carbocycles. The van der Waals surface area contributed by atoms with Crippen molar-refractivity contribution in [3.63, 3.8) is 0 Å². The zero-order valence-corrected chi connectivity index (χ0v) is 16.0. The van der Waals surface area contributed by atoms with Crippen LogP contribution < -0.4 is 5.32 Å². The van der Waals surface area contributed by atoms with Crippen LogP contribution in [0.3, 0.4) is 0 Å². The molecule has 9 heteroatoms. The molecule has 6 nitrogen and oxygen atoms in total. The maximum atomic E-state index is 13.0. The quantitative estimate of drug-likeness (QED) is 0.636. The molecule has 152 valence electrons. The topological polar surface area (TPSA) is 62.9 Å². The van der Waals surface area contributed by atoms with Gasteiger partial charge < -0.3 is 19.4 Å². The number of nitrogens with zero attached hydrogens (tertiary/aromatic N) is 3. The molecule has 3 rings (SSSR count). The Morgan fingerprint density at radius 2 is 2.14 bits per heavy atom. The van der Waals surface area contributed by atoms with E-state index in [2.05, 4.69) is 15.3 Å². The minimum absolute atomic E-state index is 0.368. The van der Waals surface area contributed by atoms with Gasteiger partial charge in [0.1, 0.15) is 11.9 Å². The van der Waals surface area contributed by atoms with Crippen molar-refractivity contribution in [2.24, 2.45) is 4.99 Å². The molecular weight excluding hydrogens is 373 g/mol. The maximum Gasteiger partial charge on any atom is 0.416 e. The second kappa shape index (κ2) is 8.22. The van der Waals surface area contributed by atoms with Gasteiger partial charge in [0.2, 0.25) is 5.89 Å². The van der Waals surface area contributed by atoms with Crippen molar-refractivity contribution in [1.82, 2.24) is 15.2 Å². The van der Waals surface area contributed by atoms with E-state index in [1.807, 2.05) is 18.7 Å². The fourth-order valence-corrected chi connectivity index (χ4v) is 3.06. The number of oxazole rings is 1. The van der Waals surface area contributed by atoms with Crippen LogP contribution in [0.2, 0.25) is 0 Å². The SMILES string of the molecule is CN=C(NCc1nc(C)c(C)o1)N1CCOC(c2cccc(C(F)(F)F)c2)C1. The van der Waals surface area contributed by atoms with Crippen LogP contribution in [0.15, 0.2) is 33.7 Å². The van der Waals surface area contributed by atoms with Gasteiger partial charge in [-0.25, -0.2) is 4.98 Å². The Balaban J connectivity index is 1.67. The Bertz CT molecular complexity index is 828. The van der Waals surface area contributed by atoms with Crippen molar-refractivity contribution in [3.05, 3.63) is 52.7 Å². The van der Waals surface area contributed by atoms with Gasteiger partial charge in [-0.3, -0.25) is 4.99 Å². The summed E-state index contributed by atoms with van der Waals surface area (Å²) in [4.78, 5) is 10.5. The van der Waals surface area contributed by atoms with Crippen LogP contribution in [0, 0.1) is 13.8 Å². The molecule has 0 amide bonds. The zero-order valence-electron chi connectivity index (χ0n) is 16.0. The van der Waals surface area contributed by atoms with Crippen LogP contribution in [0.4, 0.5) is 13.2 Å². The van der Waals surface area contributed by atoms with E-state index in [-0.39, 0.29) is 0 Å². The molecule has 1 aliphatic heterocycles. The molecule has 28 heavy (non-hydrogen) atoms. The second-order valence-electron chi connectivity index (χ2n) is 6.58. The molecule has 0 radical (unpaired) electrons. The van der Waals surface area contributed by atoms with Gasteiger partial charge in [-0.15, -0.1) is 0 Å². The Hall–Kier alpha value is -2.55. The molecule has 0 bridgehead atoms. The lowest BCUT2D eigenvalue weighted by Gasteiger charge is -2.35. The molecule has 1 aromatic heterocycles. The third-order valence-corrected chi connectivity index (χ3v) is 4.63. The van der Waals surface area contributed by atoms with Gasteiger partial charge in [0.25, 0.3) is 0 Å². The van der Waals surface area contributed by atoms with Gasteiger partial charge in [0.05, 0.1) is 31.0 Å². The highest BCUT2D eigenvalue weighted by Crippen LogP contribution is 2.32. The molecule has 2 heterocycles. The first-order chi connectivity index (χ1) is 13.3. The summed E-state index contributed by atoms with van der Waals surface area (Å²) in [6.07, 6.45) is -4.85. The molecule has 0 aliphatic carbocycles. The van der Waals surface area contributed by atoms with E-state index in [4.69, 9.17) is 9.15 Å². The van der Waals surface area contributed by atoms with Crippen molar-refractivity contribution in [1.29, 1.82) is 0 Å². The molecule has 1 N–H and O–H groups in total. The van der Waals surface area contributed by atoms with Gasteiger partial charge in [0.15, 0.2) is 5.96 Å². The predicted molar refractivity (Wildman–Crippen MR) is 97.9 cm³/mol. The minimum atomic E-state index is -4.38. The van der Waals surface area contributed by atoms with Gasteiger partial charge in [-0.2, -0.15) is 13.2 Å². The average Bonchev–Trinajstić information content (AvgIpc) is 2.99. The summed E-state index contributed by atoms with van der Waals surface area (Å²) < 4.78 is 50.2. The van der Waals surface area contributed by atoms with Crippen molar-refractivity contribution < 1.29 is 22.3 Å². The Morgan fingerprint density at radius 1 is 1.36 bits per heavy atom. The first-order valence-corrected chi connectivity index (χ1v) is 8.95. The molecule has 1 fully saturated rings. The van der Waals surface area contributed by atoms with E-state index in [1.54, 1.807) is 13.1 Å². The first kappa shape index (κ1) is 20.2. The van der Waals surface area contributed by atoms with E-state index < -0.39 is 17.8 Å². The van der Waals surface area contributed by atoms with E-state index in [9.17, 15) is 13.2 Å². The molecule has 1 unspecified atom stereocenters. The summed E-state index contributed by atoms with van der Waals surface area (Å²) in [6.45, 7) is 5.45. The molecule has 1 atom stereocenters. The summed E-state index contributed by atoms with van der Waals surface area (Å²) in [5.41, 5.74) is 0.652. The second-order valence-corrected chi connectivity index (χ2v) is 6.58. The largest absolute Gasteiger partial charge is 0.444 e. The standard InChI is InChI=1S/C19H23F3N4O2/c1-12-13(2)28-17(25-12)10-24-18(23-3)26-7-8-27-16(11-26)14-5-4-6-15(9-14)19(20,21)22/h4-6,9,16H,7-8,10-11H2,1-3H3,(H,23,24). The number of guanidine groups is 1. The van der Waals surface area contributed by atoms with Crippen LogP contribution in [-0.2, 0) is 17.5 Å². The Labute approximate surface area is 161 Å². The Kier molecular flexibility index (Phi) is 5.93. The number of hydrogen-bond donors (Lipinski definition) is 1. The van der Waals surface area contributed by atoms with Crippen LogP contribution >= 0.6 is 0 Å². The fraction of sp³-hybridized carbons (Fsp3) is 0.474. The lowest BCUT2D eigenvalue weighted by Crippen LogP contribution is -2.48. The van der Waals surface area contributed by atoms with E-state index >= 15 is 0 Å². The summed E-state index contributed by atoms with van der Waals surface area (Å²) in [5, 5.41) is 3.19. The highest BCUT2D eigenvalue weighted by molar-refractivity contribution is 5.79. The molecule has 1 saturated heterocycles. The molecule has 1 aliphatic rings. The van der Waals surface area contributed by atoms with Gasteiger partial charge in [-0.1, -0.05) is 12.1 Å². The monoisotopic (exact) mass is 396 g/mol. The van der Waals surface area contributed by atoms with Crippen LogP contribution in [-0.4, -0.2) is 42.6 Å². The lowest BCUT2D eigenvalue weighted by atomic mass is 10.0. The van der Waals surface area contributed by atoms with Crippen molar-refractivity contribution in [2.75, 3.05) is 26.7 Å². The molecule has 0 spiro atoms. The Morgan fingerprint density at radius 3 is 2.79 bits per heavy atom. The molecular formula is C19H23F3N4O2. The minimum Gasteiger partial charge on any atom is -0.444 e. The van der Waals surface area contributed by atoms with E-state index in [0.29, 0.717) is 43.7 Å². The van der Waals surface area contributed by atoms with E-state index in [0.717, 1.165) is 23.6 Å². The summed E-state index contributed by atoms with van der Waals surface area (Å²) in [6, 6.07) is 5.26. The number of ether oxygens (including phenoxy) is 1. The molecule has 1 aromatic carbocycles. The van der Waals surface area contributed by atoms with Crippen LogP contribution in [0.25, 0.3) is 0 Å². The van der Waals surface area contributed by atoms with Crippen molar-refractivity contribution >= 4 is 5.96 Å². The van der Waals surface area contributed by atoms with Crippen LogP contribution in [0.5, 0.6) is 0 Å². The predicted octanol–water partition coefficient (Wildman–Crippen LogP) is 3.46. The number of hydrogen-bond acceptors (Lipinski definition) is 4. The summed E-state index contributed by atoms with van der Waals surface area (Å²) >= 11 is 0. The smallest absolute Gasteiger partial charge is 0.416 e. The zero-order chi connectivity index (χ0) is 20.3. The third kappa shape index (κ3) is 4.64. The normalized spacial score (nSPS) is 18.4. The van der Waals surface area contributed by atoms with Crippen LogP contribution in [0.1, 0.15) is 34.6 Å². The fourth-order valence-electron chi connectivity index (χ4n) is 3.06. The highest BCUT2D eigenvalue weighted by atomic mass is 19.4. The number of benzene rings is 1. The highest BCUT2D eigenvalue weighted by Gasteiger charge is 2.32. The number of rotatable bonds is 3. The number of nitrogens with one attached hydrogen (secondary N) is 1. The number of aromatic nitrogens is 1. The number of halogens is 3. The average molecular weight is 396 g/mol. The number of alkyl halides is 3. The summed E-state index contributed by atoms with van der Waals surface area (Å²) in [5.74, 6) is 1.94. The van der Waals surface area contributed by atoms with Gasteiger partial charge >= 0.3 is 6.18 Å². The first-order valence-electron chi connectivity index (χ1n) is 8.95. The molecule has 2 aromatic rings. The number of morpholine rings is 1. The number of aryl methyl sites for hydroxylation is 2. The van der Waals surface area contributed by atoms with Gasteiger partial charge in [-0.05, 0) is 31.5 Å². The van der Waals surface area contributed by atoms with Crippen molar-refractivity contribution in [2.45, 2.75) is 32.7 Å². The number of aliphatic imine (C=N–C) groups is 1. The maximum absolute atomic E-state index is 13.0. The van der Waals surface area contributed by atoms with Crippen molar-refractivity contribution in [3.8, 4) is 0 Å². The summed E-state index contributed by atoms with van der Waals surface area (Å²) in [7, 11) is 1.66. The lowest BCUT2D eigenvalue weighted by molar-refractivity contribution is -0.137.